The molecule has 1 aliphatic rings. The van der Waals surface area contributed by atoms with Gasteiger partial charge in [0.1, 0.15) is 0 Å². The molecule has 23 heavy (non-hydrogen) atoms. The third-order valence-electron chi connectivity index (χ3n) is 4.02. The number of rotatable bonds is 6. The van der Waals surface area contributed by atoms with Gasteiger partial charge in [0.05, 0.1) is 25.2 Å². The summed E-state index contributed by atoms with van der Waals surface area (Å²) in [6.07, 6.45) is 0.920. The van der Waals surface area contributed by atoms with Gasteiger partial charge >= 0.3 is 0 Å². The predicted octanol–water partition coefficient (Wildman–Crippen LogP) is 2.58. The van der Waals surface area contributed by atoms with Crippen molar-refractivity contribution in [1.82, 2.24) is 9.80 Å². The van der Waals surface area contributed by atoms with E-state index < -0.39 is 0 Å². The lowest BCUT2D eigenvalue weighted by Crippen LogP contribution is -2.40. The number of amides is 1. The molecule has 1 fully saturated rings. The number of carbonyl (C=O) groups is 1. The van der Waals surface area contributed by atoms with Crippen molar-refractivity contribution in [1.29, 1.82) is 5.26 Å². The summed E-state index contributed by atoms with van der Waals surface area (Å²) in [5, 5.41) is 8.57. The Hall–Kier alpha value is -1.42. The first kappa shape index (κ1) is 17.9. The molecule has 0 spiro atoms. The minimum atomic E-state index is 0.0586. The lowest BCUT2D eigenvalue weighted by atomic mass is 10.1. The molecular weight excluding hydrogens is 358 g/mol. The first-order valence-electron chi connectivity index (χ1n) is 7.80. The van der Waals surface area contributed by atoms with Crippen LogP contribution in [0.5, 0.6) is 0 Å². The van der Waals surface area contributed by atoms with E-state index in [0.717, 1.165) is 29.7 Å². The lowest BCUT2D eigenvalue weighted by Gasteiger charge is -2.33. The Morgan fingerprint density at radius 3 is 2.91 bits per heavy atom. The van der Waals surface area contributed by atoms with Crippen LogP contribution in [0.25, 0.3) is 0 Å². The fraction of sp³-hybridized carbons (Fsp3) is 0.529. The largest absolute Gasteiger partial charge is 0.371 e. The van der Waals surface area contributed by atoms with Crippen molar-refractivity contribution in [3.63, 3.8) is 0 Å². The minimum Gasteiger partial charge on any atom is -0.371 e. The third-order valence-corrected chi connectivity index (χ3v) is 4.55. The molecule has 0 radical (unpaired) electrons. The zero-order valence-corrected chi connectivity index (χ0v) is 15.0. The number of carbonyl (C=O) groups excluding carboxylic acids is 1. The van der Waals surface area contributed by atoms with Crippen molar-refractivity contribution < 1.29 is 9.53 Å². The number of ether oxygens (including phenoxy) is 1. The molecule has 124 valence electrons. The van der Waals surface area contributed by atoms with Gasteiger partial charge in [-0.05, 0) is 17.7 Å². The Labute approximate surface area is 145 Å². The maximum absolute atomic E-state index is 12.0. The topological polar surface area (TPSA) is 56.6 Å². The molecule has 1 aromatic rings. The average molecular weight is 380 g/mol. The highest BCUT2D eigenvalue weighted by molar-refractivity contribution is 9.10. The van der Waals surface area contributed by atoms with Gasteiger partial charge in [-0.3, -0.25) is 9.69 Å². The van der Waals surface area contributed by atoms with Crippen LogP contribution < -0.4 is 0 Å². The summed E-state index contributed by atoms with van der Waals surface area (Å²) < 4.78 is 6.91. The van der Waals surface area contributed by atoms with E-state index >= 15 is 0 Å². The second-order valence-corrected chi connectivity index (χ2v) is 6.60. The van der Waals surface area contributed by atoms with E-state index in [9.17, 15) is 4.79 Å². The fourth-order valence-electron chi connectivity index (χ4n) is 2.57. The maximum Gasteiger partial charge on any atom is 0.223 e. The highest BCUT2D eigenvalue weighted by Crippen LogP contribution is 2.23. The Bertz CT molecular complexity index is 556. The summed E-state index contributed by atoms with van der Waals surface area (Å²) in [5.74, 6) is 0.0898. The monoisotopic (exact) mass is 379 g/mol. The molecule has 1 aromatic carbocycles. The van der Waals surface area contributed by atoms with Gasteiger partial charge in [-0.25, -0.2) is 0 Å². The molecule has 1 amide bonds. The van der Waals surface area contributed by atoms with Crippen LogP contribution in [0.4, 0.5) is 0 Å². The zero-order chi connectivity index (χ0) is 16.7. The molecule has 5 nitrogen and oxygen atoms in total. The minimum absolute atomic E-state index is 0.0586. The quantitative estimate of drug-likeness (QED) is 0.761. The molecule has 6 heteroatoms. The molecule has 0 bridgehead atoms. The lowest BCUT2D eigenvalue weighted by molar-refractivity contribution is -0.130. The molecule has 1 saturated heterocycles. The second kappa shape index (κ2) is 9.02. The Kier molecular flexibility index (Phi) is 7.03. The van der Waals surface area contributed by atoms with E-state index in [1.807, 2.05) is 12.1 Å². The first-order valence-corrected chi connectivity index (χ1v) is 8.60. The molecule has 1 aliphatic heterocycles. The standard InChI is InChI=1S/C17H22BrN3O2/c1-20(9-2-8-19)17(22)7-10-21-11-12-23-16(13-21)14-3-5-15(18)6-4-14/h3-6,16H,2,7,9-13H2,1H3/t16-/m0/s1. The van der Waals surface area contributed by atoms with Crippen molar-refractivity contribution in [3.05, 3.63) is 34.3 Å². The summed E-state index contributed by atoms with van der Waals surface area (Å²) in [5.41, 5.74) is 1.16. The molecule has 2 rings (SSSR count). The first-order chi connectivity index (χ1) is 11.1. The average Bonchev–Trinajstić information content (AvgIpc) is 2.58. The van der Waals surface area contributed by atoms with Crippen LogP contribution in [0.15, 0.2) is 28.7 Å². The fourth-order valence-corrected chi connectivity index (χ4v) is 2.84. The predicted molar refractivity (Wildman–Crippen MR) is 91.8 cm³/mol. The molecule has 0 saturated carbocycles. The number of nitrogens with zero attached hydrogens (tertiary/aromatic N) is 3. The van der Waals surface area contributed by atoms with E-state index in [4.69, 9.17) is 10.00 Å². The van der Waals surface area contributed by atoms with Crippen LogP contribution in [0, 0.1) is 11.3 Å². The van der Waals surface area contributed by atoms with Gasteiger partial charge in [0, 0.05) is 44.1 Å². The number of halogens is 1. The zero-order valence-electron chi connectivity index (χ0n) is 13.4. The Morgan fingerprint density at radius 2 is 2.22 bits per heavy atom. The van der Waals surface area contributed by atoms with E-state index in [0.29, 0.717) is 26.0 Å². The number of morpholine rings is 1. The summed E-state index contributed by atoms with van der Waals surface area (Å²) in [6, 6.07) is 10.2. The highest BCUT2D eigenvalue weighted by Gasteiger charge is 2.22. The number of hydrogen-bond donors (Lipinski definition) is 0. The van der Waals surface area contributed by atoms with Crippen molar-refractivity contribution in [2.24, 2.45) is 0 Å². The molecule has 0 aromatic heterocycles. The number of nitriles is 1. The molecule has 0 aliphatic carbocycles. The molecule has 0 N–H and O–H groups in total. The Morgan fingerprint density at radius 1 is 1.48 bits per heavy atom. The molecule has 1 heterocycles. The van der Waals surface area contributed by atoms with Gasteiger partial charge in [-0.15, -0.1) is 0 Å². The SMILES string of the molecule is CN(CCC#N)C(=O)CCN1CCO[C@H](c2ccc(Br)cc2)C1. The van der Waals surface area contributed by atoms with E-state index in [1.54, 1.807) is 11.9 Å². The van der Waals surface area contributed by atoms with Crippen molar-refractivity contribution in [2.45, 2.75) is 18.9 Å². The van der Waals surface area contributed by atoms with E-state index in [2.05, 4.69) is 39.0 Å². The van der Waals surface area contributed by atoms with Crippen molar-refractivity contribution >= 4 is 21.8 Å². The van der Waals surface area contributed by atoms with E-state index in [1.165, 1.54) is 0 Å². The summed E-state index contributed by atoms with van der Waals surface area (Å²) in [6.45, 7) is 3.56. The summed E-state index contributed by atoms with van der Waals surface area (Å²) >= 11 is 3.44. The second-order valence-electron chi connectivity index (χ2n) is 5.68. The van der Waals surface area contributed by atoms with Gasteiger partial charge in [0.25, 0.3) is 0 Å². The van der Waals surface area contributed by atoms with Crippen LogP contribution in [-0.2, 0) is 9.53 Å². The summed E-state index contributed by atoms with van der Waals surface area (Å²) in [4.78, 5) is 15.9. The van der Waals surface area contributed by atoms with Gasteiger partial charge < -0.3 is 9.64 Å². The number of benzene rings is 1. The van der Waals surface area contributed by atoms with E-state index in [-0.39, 0.29) is 12.0 Å². The Balaban J connectivity index is 1.81. The van der Waals surface area contributed by atoms with Gasteiger partial charge in [-0.2, -0.15) is 5.26 Å². The van der Waals surface area contributed by atoms with Crippen LogP contribution in [-0.4, -0.2) is 55.5 Å². The molecule has 1 atom stereocenters. The highest BCUT2D eigenvalue weighted by atomic mass is 79.9. The maximum atomic E-state index is 12.0. The van der Waals surface area contributed by atoms with Crippen LogP contribution in [0.1, 0.15) is 24.5 Å². The van der Waals surface area contributed by atoms with Gasteiger partial charge in [0.2, 0.25) is 5.91 Å². The van der Waals surface area contributed by atoms with Crippen LogP contribution in [0.2, 0.25) is 0 Å². The number of hydrogen-bond acceptors (Lipinski definition) is 4. The normalized spacial score (nSPS) is 18.4. The third kappa shape index (κ3) is 5.61. The van der Waals surface area contributed by atoms with Crippen LogP contribution >= 0.6 is 15.9 Å². The van der Waals surface area contributed by atoms with Gasteiger partial charge in [0.15, 0.2) is 0 Å². The van der Waals surface area contributed by atoms with Crippen molar-refractivity contribution in [2.75, 3.05) is 39.8 Å². The van der Waals surface area contributed by atoms with Crippen molar-refractivity contribution in [3.8, 4) is 6.07 Å². The molecular formula is C17H22BrN3O2. The summed E-state index contributed by atoms with van der Waals surface area (Å²) in [7, 11) is 1.75. The van der Waals surface area contributed by atoms with Crippen LogP contribution in [0.3, 0.4) is 0 Å². The van der Waals surface area contributed by atoms with Gasteiger partial charge in [-0.1, -0.05) is 28.1 Å². The molecule has 0 unspecified atom stereocenters. The smallest absolute Gasteiger partial charge is 0.223 e.